The smallest absolute Gasteiger partial charge is 0.305 e. The minimum atomic E-state index is -0.175. The van der Waals surface area contributed by atoms with E-state index in [-0.39, 0.29) is 42.5 Å². The number of esters is 1. The molecule has 25 heavy (non-hydrogen) atoms. The average molecular weight is 463 g/mol. The number of aliphatic hydroxyl groups excluding tert-OH is 1. The molecule has 1 unspecified atom stereocenters. The molecule has 0 bridgehead atoms. The Morgan fingerprint density at radius 1 is 1.24 bits per heavy atom. The van der Waals surface area contributed by atoms with Gasteiger partial charge in [-0.15, -0.1) is 24.0 Å². The molecule has 0 saturated heterocycles. The fourth-order valence-electron chi connectivity index (χ4n) is 2.21. The van der Waals surface area contributed by atoms with E-state index >= 15 is 0 Å². The number of carbonyl (C=O) groups is 1. The highest BCUT2D eigenvalue weighted by Crippen LogP contribution is 2.14. The first-order chi connectivity index (χ1) is 11.7. The normalized spacial score (nSPS) is 12.0. The maximum Gasteiger partial charge on any atom is 0.305 e. The van der Waals surface area contributed by atoms with Crippen LogP contribution in [0.1, 0.15) is 38.2 Å². The Morgan fingerprint density at radius 2 is 1.96 bits per heavy atom. The molecule has 3 N–H and O–H groups in total. The molecule has 7 heteroatoms. The van der Waals surface area contributed by atoms with Gasteiger partial charge in [0.15, 0.2) is 5.96 Å². The molecule has 0 radical (unpaired) electrons. The van der Waals surface area contributed by atoms with Crippen molar-refractivity contribution in [1.29, 1.82) is 0 Å². The Bertz CT molecular complexity index is 498. The summed E-state index contributed by atoms with van der Waals surface area (Å²) in [6, 6.07) is 9.86. The number of carbonyl (C=O) groups excluding carboxylic acids is 1. The fraction of sp³-hybridized carbons (Fsp3) is 0.556. The molecule has 1 rings (SSSR count). The molecule has 0 aromatic heterocycles. The lowest BCUT2D eigenvalue weighted by Crippen LogP contribution is -2.38. The first kappa shape index (κ1) is 23.6. The predicted octanol–water partition coefficient (Wildman–Crippen LogP) is 2.28. The lowest BCUT2D eigenvalue weighted by Gasteiger charge is -2.15. The third-order valence-corrected chi connectivity index (χ3v) is 3.46. The summed E-state index contributed by atoms with van der Waals surface area (Å²) >= 11 is 0. The molecule has 142 valence electrons. The Labute approximate surface area is 167 Å². The molecule has 1 aromatic carbocycles. The van der Waals surface area contributed by atoms with E-state index in [1.807, 2.05) is 37.3 Å². The van der Waals surface area contributed by atoms with E-state index in [0.29, 0.717) is 38.5 Å². The van der Waals surface area contributed by atoms with Gasteiger partial charge in [-0.1, -0.05) is 30.3 Å². The van der Waals surface area contributed by atoms with Crippen molar-refractivity contribution >= 4 is 35.9 Å². The molecule has 0 aliphatic heterocycles. The molecule has 0 fully saturated rings. The molecule has 0 amide bonds. The zero-order valence-electron chi connectivity index (χ0n) is 15.0. The number of benzene rings is 1. The van der Waals surface area contributed by atoms with Crippen molar-refractivity contribution in [1.82, 2.24) is 10.6 Å². The summed E-state index contributed by atoms with van der Waals surface area (Å²) in [6.45, 7) is 6.15. The standard InChI is InChI=1S/C18H29N3O3.HI/c1-3-19-18(20-12-8-11-17(23)24-4-2)21-13-16(14-22)15-9-6-5-7-10-15;/h5-7,9-10,16,22H,3-4,8,11-14H2,1-2H3,(H2,19,20,21);1H. The van der Waals surface area contributed by atoms with E-state index in [4.69, 9.17) is 4.74 Å². The summed E-state index contributed by atoms with van der Waals surface area (Å²) in [5, 5.41) is 16.0. The number of rotatable bonds is 10. The molecule has 0 saturated carbocycles. The number of hydrogen-bond donors (Lipinski definition) is 3. The monoisotopic (exact) mass is 463 g/mol. The molecule has 0 spiro atoms. The van der Waals surface area contributed by atoms with Crippen molar-refractivity contribution in [3.8, 4) is 0 Å². The van der Waals surface area contributed by atoms with Crippen molar-refractivity contribution in [2.75, 3.05) is 32.8 Å². The Balaban J connectivity index is 0.00000576. The number of aliphatic imine (C=N–C) groups is 1. The Morgan fingerprint density at radius 3 is 2.56 bits per heavy atom. The van der Waals surface area contributed by atoms with Crippen LogP contribution in [0.4, 0.5) is 0 Å². The third kappa shape index (κ3) is 10.3. The van der Waals surface area contributed by atoms with Crippen LogP contribution in [0.3, 0.4) is 0 Å². The van der Waals surface area contributed by atoms with Gasteiger partial charge < -0.3 is 20.5 Å². The fourth-order valence-corrected chi connectivity index (χ4v) is 2.21. The maximum atomic E-state index is 11.3. The number of aliphatic hydroxyl groups is 1. The van der Waals surface area contributed by atoms with E-state index in [2.05, 4.69) is 15.6 Å². The highest BCUT2D eigenvalue weighted by atomic mass is 127. The van der Waals surface area contributed by atoms with Crippen molar-refractivity contribution in [3.05, 3.63) is 35.9 Å². The number of halogens is 1. The van der Waals surface area contributed by atoms with Gasteiger partial charge in [-0.3, -0.25) is 9.79 Å². The van der Waals surface area contributed by atoms with Gasteiger partial charge >= 0.3 is 5.97 Å². The van der Waals surface area contributed by atoms with Crippen molar-refractivity contribution in [2.24, 2.45) is 4.99 Å². The number of guanidine groups is 1. The van der Waals surface area contributed by atoms with Crippen LogP contribution in [-0.2, 0) is 9.53 Å². The zero-order valence-corrected chi connectivity index (χ0v) is 17.4. The van der Waals surface area contributed by atoms with Crippen molar-refractivity contribution < 1.29 is 14.6 Å². The highest BCUT2D eigenvalue weighted by molar-refractivity contribution is 14.0. The third-order valence-electron chi connectivity index (χ3n) is 3.46. The molecule has 0 aliphatic rings. The highest BCUT2D eigenvalue weighted by Gasteiger charge is 2.10. The van der Waals surface area contributed by atoms with Gasteiger partial charge in [0.05, 0.1) is 19.8 Å². The van der Waals surface area contributed by atoms with Gasteiger partial charge in [0.2, 0.25) is 0 Å². The summed E-state index contributed by atoms with van der Waals surface area (Å²) in [6.07, 6.45) is 1.08. The lowest BCUT2D eigenvalue weighted by atomic mass is 10.0. The van der Waals surface area contributed by atoms with Crippen molar-refractivity contribution in [2.45, 2.75) is 32.6 Å². The van der Waals surface area contributed by atoms with E-state index < -0.39 is 0 Å². The Kier molecular flexibility index (Phi) is 14.1. The van der Waals surface area contributed by atoms with Gasteiger partial charge in [-0.05, 0) is 25.8 Å². The van der Waals surface area contributed by atoms with Crippen LogP contribution in [0.25, 0.3) is 0 Å². The second-order valence-electron chi connectivity index (χ2n) is 5.35. The molecular formula is C18H30IN3O3. The van der Waals surface area contributed by atoms with Crippen LogP contribution < -0.4 is 10.6 Å². The van der Waals surface area contributed by atoms with Crippen LogP contribution in [-0.4, -0.2) is 49.9 Å². The largest absolute Gasteiger partial charge is 0.466 e. The SMILES string of the molecule is CCNC(=NCC(CO)c1ccccc1)NCCCC(=O)OCC.I. The molecule has 1 atom stereocenters. The zero-order chi connectivity index (χ0) is 17.6. The number of ether oxygens (including phenoxy) is 1. The minimum absolute atomic E-state index is 0. The first-order valence-electron chi connectivity index (χ1n) is 8.54. The molecule has 1 aromatic rings. The number of hydrogen-bond acceptors (Lipinski definition) is 4. The van der Waals surface area contributed by atoms with E-state index in [1.165, 1.54) is 0 Å². The van der Waals surface area contributed by atoms with Crippen LogP contribution in [0.5, 0.6) is 0 Å². The summed E-state index contributed by atoms with van der Waals surface area (Å²) in [5.74, 6) is 0.489. The van der Waals surface area contributed by atoms with Gasteiger partial charge in [0, 0.05) is 25.4 Å². The molecule has 0 aliphatic carbocycles. The average Bonchev–Trinajstić information content (AvgIpc) is 2.60. The summed E-state index contributed by atoms with van der Waals surface area (Å²) in [7, 11) is 0. The molecule has 0 heterocycles. The van der Waals surface area contributed by atoms with Crippen LogP contribution in [0.2, 0.25) is 0 Å². The maximum absolute atomic E-state index is 11.3. The Hall–Kier alpha value is -1.35. The topological polar surface area (TPSA) is 83.0 Å². The quantitative estimate of drug-likeness (QED) is 0.163. The van der Waals surface area contributed by atoms with E-state index in [0.717, 1.165) is 12.1 Å². The first-order valence-corrected chi connectivity index (χ1v) is 8.54. The van der Waals surface area contributed by atoms with E-state index in [9.17, 15) is 9.90 Å². The van der Waals surface area contributed by atoms with Crippen LogP contribution in [0.15, 0.2) is 35.3 Å². The van der Waals surface area contributed by atoms with Crippen LogP contribution in [0, 0.1) is 0 Å². The molecule has 6 nitrogen and oxygen atoms in total. The van der Waals surface area contributed by atoms with Crippen LogP contribution >= 0.6 is 24.0 Å². The van der Waals surface area contributed by atoms with Gasteiger partial charge in [-0.25, -0.2) is 0 Å². The second-order valence-corrected chi connectivity index (χ2v) is 5.35. The number of nitrogens with zero attached hydrogens (tertiary/aromatic N) is 1. The summed E-state index contributed by atoms with van der Waals surface area (Å²) < 4.78 is 4.90. The lowest BCUT2D eigenvalue weighted by molar-refractivity contribution is -0.143. The van der Waals surface area contributed by atoms with Gasteiger partial charge in [0.25, 0.3) is 0 Å². The van der Waals surface area contributed by atoms with Crippen molar-refractivity contribution in [3.63, 3.8) is 0 Å². The predicted molar refractivity (Wildman–Crippen MR) is 112 cm³/mol. The summed E-state index contributed by atoms with van der Waals surface area (Å²) in [4.78, 5) is 15.8. The number of nitrogens with one attached hydrogen (secondary N) is 2. The molecular weight excluding hydrogens is 433 g/mol. The van der Waals surface area contributed by atoms with Gasteiger partial charge in [-0.2, -0.15) is 0 Å². The minimum Gasteiger partial charge on any atom is -0.466 e. The second kappa shape index (κ2) is 14.9. The van der Waals surface area contributed by atoms with E-state index in [1.54, 1.807) is 6.92 Å². The van der Waals surface area contributed by atoms with Gasteiger partial charge in [0.1, 0.15) is 0 Å². The summed E-state index contributed by atoms with van der Waals surface area (Å²) in [5.41, 5.74) is 1.07.